The predicted octanol–water partition coefficient (Wildman–Crippen LogP) is 6.55. The molecule has 0 radical (unpaired) electrons. The first kappa shape index (κ1) is 23.7. The van der Waals surface area contributed by atoms with Crippen LogP contribution in [0.5, 0.6) is 5.75 Å². The fourth-order valence-corrected chi connectivity index (χ4v) is 3.75. The third kappa shape index (κ3) is 5.90. The Kier molecular flexibility index (Phi) is 7.18. The van der Waals surface area contributed by atoms with Gasteiger partial charge in [-0.3, -0.25) is 19.9 Å². The number of carbonyl (C=O) groups excluding carboxylic acids is 1. The maximum absolute atomic E-state index is 12.5. The summed E-state index contributed by atoms with van der Waals surface area (Å²) < 4.78 is 0. The topological polar surface area (TPSA) is 105 Å². The summed E-state index contributed by atoms with van der Waals surface area (Å²) in [6, 6.07) is 26.1. The number of halogens is 1. The SMILES string of the molecule is O=C(Nc1cccc(N=Cc2cc(Cc3ccccc3)cc([N+](=O)[O-])c2O)c1)c1ccccc1Cl. The zero-order valence-electron chi connectivity index (χ0n) is 18.4. The maximum Gasteiger partial charge on any atom is 0.311 e. The van der Waals surface area contributed by atoms with Crippen LogP contribution >= 0.6 is 11.6 Å². The van der Waals surface area contributed by atoms with Crippen LogP contribution in [0, 0.1) is 10.1 Å². The summed E-state index contributed by atoms with van der Waals surface area (Å²) in [6.07, 6.45) is 1.83. The average molecular weight is 486 g/mol. The molecule has 0 atom stereocenters. The van der Waals surface area contributed by atoms with Crippen molar-refractivity contribution in [2.45, 2.75) is 6.42 Å². The molecular formula is C27H20ClN3O4. The molecule has 7 nitrogen and oxygen atoms in total. The quantitative estimate of drug-likeness (QED) is 0.176. The monoisotopic (exact) mass is 485 g/mol. The Bertz CT molecular complexity index is 1420. The number of benzene rings is 4. The second-order valence-corrected chi connectivity index (χ2v) is 8.12. The van der Waals surface area contributed by atoms with Gasteiger partial charge in [-0.15, -0.1) is 0 Å². The molecule has 4 aromatic carbocycles. The third-order valence-electron chi connectivity index (χ3n) is 5.20. The predicted molar refractivity (Wildman–Crippen MR) is 137 cm³/mol. The van der Waals surface area contributed by atoms with Gasteiger partial charge in [0.1, 0.15) is 0 Å². The molecular weight excluding hydrogens is 466 g/mol. The van der Waals surface area contributed by atoms with E-state index in [1.54, 1.807) is 54.6 Å². The number of nitrogens with zero attached hydrogens (tertiary/aromatic N) is 2. The summed E-state index contributed by atoms with van der Waals surface area (Å²) in [5.41, 5.74) is 2.81. The molecule has 0 aromatic heterocycles. The van der Waals surface area contributed by atoms with Crippen LogP contribution in [0.25, 0.3) is 0 Å². The molecule has 0 fully saturated rings. The fourth-order valence-electron chi connectivity index (χ4n) is 3.52. The van der Waals surface area contributed by atoms with E-state index in [-0.39, 0.29) is 17.2 Å². The number of hydrogen-bond donors (Lipinski definition) is 2. The van der Waals surface area contributed by atoms with Crippen molar-refractivity contribution >= 4 is 40.8 Å². The number of nitrogens with one attached hydrogen (secondary N) is 1. The lowest BCUT2D eigenvalue weighted by Crippen LogP contribution is -2.12. The summed E-state index contributed by atoms with van der Waals surface area (Å²) in [7, 11) is 0. The Balaban J connectivity index is 1.59. The standard InChI is InChI=1S/C27H20ClN3O4/c28-24-12-5-4-11-23(24)27(33)30-22-10-6-9-21(16-22)29-17-20-14-19(13-18-7-2-1-3-8-18)15-25(26(20)32)31(34)35/h1-12,14-17,32H,13H2,(H,30,33). The van der Waals surface area contributed by atoms with Gasteiger partial charge >= 0.3 is 5.69 Å². The van der Waals surface area contributed by atoms with Crippen molar-refractivity contribution in [2.75, 3.05) is 5.32 Å². The second kappa shape index (κ2) is 10.6. The van der Waals surface area contributed by atoms with E-state index in [2.05, 4.69) is 10.3 Å². The molecule has 0 spiro atoms. The zero-order valence-corrected chi connectivity index (χ0v) is 19.1. The van der Waals surface area contributed by atoms with Crippen LogP contribution < -0.4 is 5.32 Å². The molecule has 4 rings (SSSR count). The number of aliphatic imine (C=N–C) groups is 1. The molecule has 0 unspecified atom stereocenters. The lowest BCUT2D eigenvalue weighted by atomic mass is 10.0. The second-order valence-electron chi connectivity index (χ2n) is 7.71. The smallest absolute Gasteiger partial charge is 0.311 e. The normalized spacial score (nSPS) is 10.9. The summed E-state index contributed by atoms with van der Waals surface area (Å²) in [5.74, 6) is -0.822. The van der Waals surface area contributed by atoms with E-state index in [1.807, 2.05) is 30.3 Å². The highest BCUT2D eigenvalue weighted by molar-refractivity contribution is 6.34. The highest BCUT2D eigenvalue weighted by Crippen LogP contribution is 2.32. The van der Waals surface area contributed by atoms with Gasteiger partial charge in [-0.25, -0.2) is 0 Å². The minimum Gasteiger partial charge on any atom is -0.502 e. The summed E-state index contributed by atoms with van der Waals surface area (Å²) in [6.45, 7) is 0. The first-order valence-corrected chi connectivity index (χ1v) is 11.0. The lowest BCUT2D eigenvalue weighted by Gasteiger charge is -2.08. The van der Waals surface area contributed by atoms with Crippen molar-refractivity contribution in [3.8, 4) is 5.75 Å². The van der Waals surface area contributed by atoms with Gasteiger partial charge in [-0.2, -0.15) is 0 Å². The summed E-state index contributed by atoms with van der Waals surface area (Å²) in [5, 5.41) is 25.1. The molecule has 0 saturated carbocycles. The number of rotatable bonds is 7. The Morgan fingerprint density at radius 1 is 0.971 bits per heavy atom. The number of phenolic OH excluding ortho intramolecular Hbond substituents is 1. The maximum atomic E-state index is 12.5. The molecule has 0 aliphatic rings. The molecule has 0 heterocycles. The Morgan fingerprint density at radius 2 is 1.71 bits per heavy atom. The number of carbonyl (C=O) groups is 1. The number of nitro benzene ring substituents is 1. The van der Waals surface area contributed by atoms with E-state index in [4.69, 9.17) is 11.6 Å². The zero-order chi connectivity index (χ0) is 24.8. The molecule has 0 bridgehead atoms. The van der Waals surface area contributed by atoms with E-state index >= 15 is 0 Å². The van der Waals surface area contributed by atoms with E-state index in [0.717, 1.165) is 5.56 Å². The largest absolute Gasteiger partial charge is 0.502 e. The fraction of sp³-hybridized carbons (Fsp3) is 0.0370. The molecule has 0 aliphatic heterocycles. The summed E-state index contributed by atoms with van der Waals surface area (Å²) >= 11 is 6.09. The molecule has 0 saturated heterocycles. The number of aromatic hydroxyl groups is 1. The number of amides is 1. The molecule has 174 valence electrons. The van der Waals surface area contributed by atoms with Crippen LogP contribution in [0.4, 0.5) is 17.1 Å². The van der Waals surface area contributed by atoms with Gasteiger partial charge < -0.3 is 10.4 Å². The Labute approximate surface area is 206 Å². The number of phenols is 1. The highest BCUT2D eigenvalue weighted by atomic mass is 35.5. The molecule has 35 heavy (non-hydrogen) atoms. The van der Waals surface area contributed by atoms with Crippen molar-refractivity contribution < 1.29 is 14.8 Å². The summed E-state index contributed by atoms with van der Waals surface area (Å²) in [4.78, 5) is 27.8. The van der Waals surface area contributed by atoms with Gasteiger partial charge in [0.2, 0.25) is 5.75 Å². The number of anilines is 1. The van der Waals surface area contributed by atoms with Gasteiger partial charge in [0.05, 0.1) is 21.2 Å². The van der Waals surface area contributed by atoms with Gasteiger partial charge in [0.15, 0.2) is 0 Å². The van der Waals surface area contributed by atoms with Crippen LogP contribution in [0.2, 0.25) is 5.02 Å². The van der Waals surface area contributed by atoms with E-state index in [0.29, 0.717) is 33.9 Å². The van der Waals surface area contributed by atoms with Gasteiger partial charge in [0, 0.05) is 23.5 Å². The minimum absolute atomic E-state index is 0.218. The average Bonchev–Trinajstić information content (AvgIpc) is 2.85. The van der Waals surface area contributed by atoms with Crippen molar-refractivity contribution in [3.63, 3.8) is 0 Å². The van der Waals surface area contributed by atoms with Gasteiger partial charge in [0.25, 0.3) is 5.91 Å². The molecule has 0 aliphatic carbocycles. The van der Waals surface area contributed by atoms with Crippen LogP contribution in [0.3, 0.4) is 0 Å². The number of nitro groups is 1. The minimum atomic E-state index is -0.619. The van der Waals surface area contributed by atoms with Crippen LogP contribution in [0.15, 0.2) is 96.0 Å². The van der Waals surface area contributed by atoms with E-state index < -0.39 is 10.7 Å². The van der Waals surface area contributed by atoms with Gasteiger partial charge in [-0.05, 0) is 53.9 Å². The Hall–Kier alpha value is -4.49. The molecule has 1 amide bonds. The van der Waals surface area contributed by atoms with E-state index in [9.17, 15) is 20.0 Å². The molecule has 2 N–H and O–H groups in total. The highest BCUT2D eigenvalue weighted by Gasteiger charge is 2.18. The van der Waals surface area contributed by atoms with Crippen molar-refractivity contribution in [3.05, 3.63) is 128 Å². The first-order valence-electron chi connectivity index (χ1n) is 10.6. The van der Waals surface area contributed by atoms with E-state index in [1.165, 1.54) is 12.3 Å². The Morgan fingerprint density at radius 3 is 2.46 bits per heavy atom. The number of hydrogen-bond acceptors (Lipinski definition) is 5. The molecule has 8 heteroatoms. The van der Waals surface area contributed by atoms with Crippen molar-refractivity contribution in [1.29, 1.82) is 0 Å². The molecule has 4 aromatic rings. The van der Waals surface area contributed by atoms with Crippen LogP contribution in [-0.2, 0) is 6.42 Å². The third-order valence-corrected chi connectivity index (χ3v) is 5.53. The van der Waals surface area contributed by atoms with Crippen LogP contribution in [-0.4, -0.2) is 22.2 Å². The van der Waals surface area contributed by atoms with Crippen LogP contribution in [0.1, 0.15) is 27.0 Å². The van der Waals surface area contributed by atoms with Crippen molar-refractivity contribution in [2.24, 2.45) is 4.99 Å². The first-order chi connectivity index (χ1) is 16.9. The van der Waals surface area contributed by atoms with Gasteiger partial charge in [-0.1, -0.05) is 60.1 Å². The lowest BCUT2D eigenvalue weighted by molar-refractivity contribution is -0.385. The van der Waals surface area contributed by atoms with Crippen molar-refractivity contribution in [1.82, 2.24) is 0 Å².